The second-order valence-electron chi connectivity index (χ2n) is 6.18. The van der Waals surface area contributed by atoms with Crippen LogP contribution in [0.1, 0.15) is 58.2 Å². The highest BCUT2D eigenvalue weighted by molar-refractivity contribution is 5.11. The molecule has 114 valence electrons. The number of nitrogens with one attached hydrogen (secondary N) is 1. The number of hydrogen-bond donors (Lipinski definition) is 2. The Hall–Kier alpha value is -0.980. The van der Waals surface area contributed by atoms with Crippen LogP contribution in [0, 0.1) is 0 Å². The first-order valence-electron chi connectivity index (χ1n) is 7.70. The van der Waals surface area contributed by atoms with E-state index in [0.717, 1.165) is 31.7 Å². The summed E-state index contributed by atoms with van der Waals surface area (Å²) in [7, 11) is 0. The number of piperidine rings is 1. The van der Waals surface area contributed by atoms with E-state index in [0.29, 0.717) is 0 Å². The van der Waals surface area contributed by atoms with Crippen molar-refractivity contribution in [2.75, 3.05) is 13.1 Å². The van der Waals surface area contributed by atoms with Gasteiger partial charge in [0.1, 0.15) is 0 Å². The zero-order valence-electron chi connectivity index (χ0n) is 13.0. The van der Waals surface area contributed by atoms with Crippen molar-refractivity contribution in [3.8, 4) is 0 Å². The fraction of sp³-hybridized carbons (Fsp3) is 0.857. The average Bonchev–Trinajstić information content (AvgIpc) is 2.89. The minimum absolute atomic E-state index is 0.0298. The van der Waals surface area contributed by atoms with Gasteiger partial charge in [0.25, 0.3) is 0 Å². The minimum Gasteiger partial charge on any atom is -0.296 e. The molecule has 0 aliphatic carbocycles. The molecule has 6 nitrogen and oxygen atoms in total. The minimum atomic E-state index is -0.0532. The van der Waals surface area contributed by atoms with Crippen molar-refractivity contribution in [3.63, 3.8) is 0 Å². The van der Waals surface area contributed by atoms with Crippen molar-refractivity contribution in [3.05, 3.63) is 11.9 Å². The molecule has 0 radical (unpaired) electrons. The molecular weight excluding hydrogens is 252 g/mol. The second kappa shape index (κ2) is 6.65. The van der Waals surface area contributed by atoms with Crippen LogP contribution in [0.25, 0.3) is 0 Å². The summed E-state index contributed by atoms with van der Waals surface area (Å²) in [5.41, 5.74) is 4.02. The van der Waals surface area contributed by atoms with Gasteiger partial charge in [-0.2, -0.15) is 0 Å². The normalized spacial score (nSPS) is 19.2. The van der Waals surface area contributed by atoms with Gasteiger partial charge >= 0.3 is 0 Å². The van der Waals surface area contributed by atoms with Gasteiger partial charge in [0.2, 0.25) is 0 Å². The molecule has 20 heavy (non-hydrogen) atoms. The molecule has 1 aliphatic heterocycles. The van der Waals surface area contributed by atoms with Crippen molar-refractivity contribution in [1.29, 1.82) is 0 Å². The van der Waals surface area contributed by atoms with Crippen LogP contribution < -0.4 is 11.3 Å². The molecule has 0 bridgehead atoms. The summed E-state index contributed by atoms with van der Waals surface area (Å²) in [4.78, 5) is 2.53. The Morgan fingerprint density at radius 3 is 2.65 bits per heavy atom. The molecule has 3 N–H and O–H groups in total. The summed E-state index contributed by atoms with van der Waals surface area (Å²) >= 11 is 0. The third-order valence-corrected chi connectivity index (χ3v) is 4.42. The predicted octanol–water partition coefficient (Wildman–Crippen LogP) is 1.46. The molecule has 1 aromatic heterocycles. The van der Waals surface area contributed by atoms with Crippen LogP contribution in [0.15, 0.2) is 6.20 Å². The third-order valence-electron chi connectivity index (χ3n) is 4.42. The van der Waals surface area contributed by atoms with E-state index < -0.39 is 0 Å². The maximum Gasteiger partial charge on any atom is 0.0823 e. The molecule has 2 heterocycles. The Kier molecular flexibility index (Phi) is 5.12. The lowest BCUT2D eigenvalue weighted by molar-refractivity contribution is 0.0578. The number of hydrogen-bond acceptors (Lipinski definition) is 5. The molecule has 2 rings (SSSR count). The Morgan fingerprint density at radius 2 is 2.05 bits per heavy atom. The molecule has 0 aromatic carbocycles. The number of nitrogens with zero attached hydrogens (tertiary/aromatic N) is 4. The van der Waals surface area contributed by atoms with Gasteiger partial charge in [-0.05, 0) is 46.2 Å². The zero-order chi connectivity index (χ0) is 14.6. The molecule has 0 saturated carbocycles. The highest BCUT2D eigenvalue weighted by Crippen LogP contribution is 2.32. The van der Waals surface area contributed by atoms with Gasteiger partial charge in [0, 0.05) is 12.1 Å². The van der Waals surface area contributed by atoms with Gasteiger partial charge in [0.15, 0.2) is 0 Å². The maximum atomic E-state index is 5.88. The number of aryl methyl sites for hydroxylation is 1. The molecule has 1 aromatic rings. The molecule has 6 heteroatoms. The van der Waals surface area contributed by atoms with Gasteiger partial charge in [-0.1, -0.05) is 18.6 Å². The van der Waals surface area contributed by atoms with Gasteiger partial charge in [-0.15, -0.1) is 5.10 Å². The van der Waals surface area contributed by atoms with Crippen LogP contribution in [0.3, 0.4) is 0 Å². The zero-order valence-corrected chi connectivity index (χ0v) is 13.0. The van der Waals surface area contributed by atoms with E-state index in [1.807, 2.05) is 10.9 Å². The number of likely N-dealkylation sites (tertiary alicyclic amines) is 1. The molecule has 0 amide bonds. The van der Waals surface area contributed by atoms with E-state index >= 15 is 0 Å². The topological polar surface area (TPSA) is 72.0 Å². The smallest absolute Gasteiger partial charge is 0.0823 e. The van der Waals surface area contributed by atoms with E-state index in [9.17, 15) is 0 Å². The lowest BCUT2D eigenvalue weighted by atomic mass is 9.88. The quantitative estimate of drug-likeness (QED) is 0.609. The van der Waals surface area contributed by atoms with Crippen molar-refractivity contribution in [2.45, 2.75) is 64.6 Å². The van der Waals surface area contributed by atoms with E-state index in [2.05, 4.69) is 41.4 Å². The lowest BCUT2D eigenvalue weighted by Crippen LogP contribution is -2.56. The summed E-state index contributed by atoms with van der Waals surface area (Å²) in [5.74, 6) is 5.88. The van der Waals surface area contributed by atoms with E-state index in [1.165, 1.54) is 19.3 Å². The molecule has 1 atom stereocenters. The third kappa shape index (κ3) is 3.02. The lowest BCUT2D eigenvalue weighted by Gasteiger charge is -2.45. The predicted molar refractivity (Wildman–Crippen MR) is 79.9 cm³/mol. The number of aromatic nitrogens is 3. The van der Waals surface area contributed by atoms with Crippen molar-refractivity contribution in [2.24, 2.45) is 5.84 Å². The SMILES string of the molecule is CCCn1nncc1C(NN)C(C)(C)N1CCCCC1. The number of hydrazine groups is 1. The van der Waals surface area contributed by atoms with Crippen LogP contribution in [0.5, 0.6) is 0 Å². The van der Waals surface area contributed by atoms with Crippen molar-refractivity contribution in [1.82, 2.24) is 25.3 Å². The van der Waals surface area contributed by atoms with Crippen LogP contribution in [0.2, 0.25) is 0 Å². The van der Waals surface area contributed by atoms with Crippen LogP contribution in [-0.4, -0.2) is 38.5 Å². The number of rotatable bonds is 6. The largest absolute Gasteiger partial charge is 0.296 e. The van der Waals surface area contributed by atoms with Crippen LogP contribution >= 0.6 is 0 Å². The summed E-state index contributed by atoms with van der Waals surface area (Å²) < 4.78 is 1.97. The molecular formula is C14H28N6. The number of nitrogens with two attached hydrogens (primary N) is 1. The molecule has 0 spiro atoms. The first-order valence-corrected chi connectivity index (χ1v) is 7.70. The first-order chi connectivity index (χ1) is 9.61. The van der Waals surface area contributed by atoms with E-state index in [1.54, 1.807) is 0 Å². The Labute approximate surface area is 121 Å². The highest BCUT2D eigenvalue weighted by Gasteiger charge is 2.38. The van der Waals surface area contributed by atoms with Crippen LogP contribution in [0.4, 0.5) is 0 Å². The van der Waals surface area contributed by atoms with Crippen molar-refractivity contribution < 1.29 is 0 Å². The van der Waals surface area contributed by atoms with E-state index in [-0.39, 0.29) is 11.6 Å². The maximum absolute atomic E-state index is 5.88. The molecule has 1 saturated heterocycles. The summed E-state index contributed by atoms with van der Waals surface area (Å²) in [6.07, 6.45) is 6.76. The second-order valence-corrected chi connectivity index (χ2v) is 6.18. The molecule has 1 fully saturated rings. The van der Waals surface area contributed by atoms with Gasteiger partial charge in [0.05, 0.1) is 17.9 Å². The van der Waals surface area contributed by atoms with E-state index in [4.69, 9.17) is 5.84 Å². The fourth-order valence-corrected chi connectivity index (χ4v) is 3.18. The van der Waals surface area contributed by atoms with Gasteiger partial charge < -0.3 is 0 Å². The molecule has 1 aliphatic rings. The Bertz CT molecular complexity index is 408. The summed E-state index contributed by atoms with van der Waals surface area (Å²) in [5, 5.41) is 8.25. The van der Waals surface area contributed by atoms with Crippen LogP contribution in [-0.2, 0) is 6.54 Å². The standard InChI is InChI=1S/C14H28N6/c1-4-8-20-12(11-16-18-20)13(17-15)14(2,3)19-9-6-5-7-10-19/h11,13,17H,4-10,15H2,1-3H3. The average molecular weight is 280 g/mol. The highest BCUT2D eigenvalue weighted by atomic mass is 15.4. The monoisotopic (exact) mass is 280 g/mol. The summed E-state index contributed by atoms with van der Waals surface area (Å²) in [6, 6.07) is 0.0298. The first kappa shape index (κ1) is 15.4. The Morgan fingerprint density at radius 1 is 1.35 bits per heavy atom. The Balaban J connectivity index is 2.22. The van der Waals surface area contributed by atoms with Gasteiger partial charge in [-0.3, -0.25) is 10.7 Å². The molecule has 1 unspecified atom stereocenters. The summed E-state index contributed by atoms with van der Waals surface area (Å²) in [6.45, 7) is 9.81. The van der Waals surface area contributed by atoms with Gasteiger partial charge in [-0.25, -0.2) is 10.1 Å². The van der Waals surface area contributed by atoms with Crippen molar-refractivity contribution >= 4 is 0 Å². The fourth-order valence-electron chi connectivity index (χ4n) is 3.18.